The summed E-state index contributed by atoms with van der Waals surface area (Å²) in [6.07, 6.45) is 1.51. The topological polar surface area (TPSA) is 71.1 Å². The minimum Gasteiger partial charge on any atom is -0.366 e. The molecule has 6 heteroatoms. The highest BCUT2D eigenvalue weighted by Crippen LogP contribution is 2.13. The summed E-state index contributed by atoms with van der Waals surface area (Å²) in [4.78, 5) is 4.20. The molecule has 1 aromatic heterocycles. The first-order valence-electron chi connectivity index (χ1n) is 6.75. The highest BCUT2D eigenvalue weighted by molar-refractivity contribution is 7.92. The normalized spacial score (nSPS) is 11.1. The van der Waals surface area contributed by atoms with Gasteiger partial charge in [-0.2, -0.15) is 0 Å². The number of hydrogen-bond acceptors (Lipinski definition) is 4. The maximum Gasteiger partial charge on any atom is 0.232 e. The van der Waals surface area contributed by atoms with E-state index >= 15 is 0 Å². The van der Waals surface area contributed by atoms with E-state index in [9.17, 15) is 8.42 Å². The van der Waals surface area contributed by atoms with Gasteiger partial charge in [-0.05, 0) is 37.1 Å². The number of nitrogens with zero attached hydrogens (tertiary/aromatic N) is 1. The summed E-state index contributed by atoms with van der Waals surface area (Å²) in [7, 11) is -3.26. The second kappa shape index (κ2) is 6.58. The number of nitrogens with one attached hydrogen (secondary N) is 2. The van der Waals surface area contributed by atoms with E-state index in [2.05, 4.69) is 34.1 Å². The smallest absolute Gasteiger partial charge is 0.232 e. The van der Waals surface area contributed by atoms with Gasteiger partial charge in [-0.15, -0.1) is 0 Å². The van der Waals surface area contributed by atoms with Gasteiger partial charge < -0.3 is 5.32 Å². The average molecular weight is 305 g/mol. The zero-order chi connectivity index (χ0) is 15.3. The van der Waals surface area contributed by atoms with Crippen LogP contribution in [0.5, 0.6) is 0 Å². The van der Waals surface area contributed by atoms with E-state index in [-0.39, 0.29) is 5.75 Å². The van der Waals surface area contributed by atoms with Crippen molar-refractivity contribution in [2.24, 2.45) is 0 Å². The molecule has 0 amide bonds. The van der Waals surface area contributed by atoms with E-state index in [4.69, 9.17) is 0 Å². The number of anilines is 2. The van der Waals surface area contributed by atoms with Crippen LogP contribution in [0.3, 0.4) is 0 Å². The lowest BCUT2D eigenvalue weighted by atomic mass is 10.1. The molecule has 2 rings (SSSR count). The lowest BCUT2D eigenvalue weighted by Gasteiger charge is -2.09. The third-order valence-electron chi connectivity index (χ3n) is 3.14. The Morgan fingerprint density at radius 2 is 1.90 bits per heavy atom. The third kappa shape index (κ3) is 4.46. The Bertz CT molecular complexity index is 697. The molecule has 0 spiro atoms. The summed E-state index contributed by atoms with van der Waals surface area (Å²) in [6.45, 7) is 4.33. The number of sulfonamides is 1. The zero-order valence-electron chi connectivity index (χ0n) is 12.1. The zero-order valence-corrected chi connectivity index (χ0v) is 12.9. The van der Waals surface area contributed by atoms with Crippen molar-refractivity contribution < 1.29 is 8.42 Å². The Morgan fingerprint density at radius 3 is 2.52 bits per heavy atom. The van der Waals surface area contributed by atoms with E-state index in [0.717, 1.165) is 0 Å². The standard InChI is InChI=1S/C15H19N3O2S/c1-3-21(19,20)18-14-8-9-15(17-11-14)16-10-13-7-5-4-6-12(13)2/h4-9,11,18H,3,10H2,1-2H3,(H,16,17). The van der Waals surface area contributed by atoms with Crippen molar-refractivity contribution in [1.29, 1.82) is 0 Å². The Morgan fingerprint density at radius 1 is 1.14 bits per heavy atom. The quantitative estimate of drug-likeness (QED) is 0.861. The summed E-state index contributed by atoms with van der Waals surface area (Å²) in [5, 5.41) is 3.22. The number of rotatable bonds is 6. The first kappa shape index (κ1) is 15.3. The lowest BCUT2D eigenvalue weighted by molar-refractivity contribution is 0.602. The molecule has 21 heavy (non-hydrogen) atoms. The molecule has 0 saturated heterocycles. The monoisotopic (exact) mass is 305 g/mol. The first-order valence-corrected chi connectivity index (χ1v) is 8.40. The van der Waals surface area contributed by atoms with Gasteiger partial charge in [0.2, 0.25) is 10.0 Å². The van der Waals surface area contributed by atoms with Gasteiger partial charge in [-0.1, -0.05) is 24.3 Å². The first-order chi connectivity index (χ1) is 10.00. The average Bonchev–Trinajstić information content (AvgIpc) is 2.48. The molecule has 0 fully saturated rings. The maximum absolute atomic E-state index is 11.4. The van der Waals surface area contributed by atoms with E-state index in [1.807, 2.05) is 12.1 Å². The predicted molar refractivity (Wildman–Crippen MR) is 85.8 cm³/mol. The van der Waals surface area contributed by atoms with E-state index < -0.39 is 10.0 Å². The summed E-state index contributed by atoms with van der Waals surface area (Å²) in [5.74, 6) is 0.748. The molecule has 112 valence electrons. The molecule has 0 aliphatic heterocycles. The lowest BCUT2D eigenvalue weighted by Crippen LogP contribution is -2.14. The second-order valence-electron chi connectivity index (χ2n) is 4.72. The fourth-order valence-electron chi connectivity index (χ4n) is 1.80. The summed E-state index contributed by atoms with van der Waals surface area (Å²) in [5.41, 5.74) is 2.89. The van der Waals surface area contributed by atoms with E-state index in [0.29, 0.717) is 18.1 Å². The van der Waals surface area contributed by atoms with Gasteiger partial charge in [0.15, 0.2) is 0 Å². The molecule has 0 aliphatic rings. The fourth-order valence-corrected chi connectivity index (χ4v) is 2.43. The van der Waals surface area contributed by atoms with Gasteiger partial charge in [0.1, 0.15) is 5.82 Å². The Kier molecular flexibility index (Phi) is 4.80. The highest BCUT2D eigenvalue weighted by Gasteiger charge is 2.06. The van der Waals surface area contributed by atoms with Gasteiger partial charge in [-0.25, -0.2) is 13.4 Å². The van der Waals surface area contributed by atoms with Gasteiger partial charge in [0, 0.05) is 6.54 Å². The fraction of sp³-hybridized carbons (Fsp3) is 0.267. The van der Waals surface area contributed by atoms with Crippen LogP contribution in [0.25, 0.3) is 0 Å². The van der Waals surface area contributed by atoms with Crippen LogP contribution in [0.2, 0.25) is 0 Å². The maximum atomic E-state index is 11.4. The molecule has 0 atom stereocenters. The Labute approximate surface area is 125 Å². The van der Waals surface area contributed by atoms with Crippen LogP contribution >= 0.6 is 0 Å². The number of pyridine rings is 1. The molecular formula is C15H19N3O2S. The van der Waals surface area contributed by atoms with Crippen molar-refractivity contribution in [1.82, 2.24) is 4.98 Å². The van der Waals surface area contributed by atoms with Crippen LogP contribution in [0, 0.1) is 6.92 Å². The predicted octanol–water partition coefficient (Wildman–Crippen LogP) is 2.76. The van der Waals surface area contributed by atoms with Gasteiger partial charge >= 0.3 is 0 Å². The van der Waals surface area contributed by atoms with Crippen LogP contribution in [-0.2, 0) is 16.6 Å². The van der Waals surface area contributed by atoms with Gasteiger partial charge in [0.05, 0.1) is 17.6 Å². The van der Waals surface area contributed by atoms with Gasteiger partial charge in [-0.3, -0.25) is 4.72 Å². The van der Waals surface area contributed by atoms with Crippen molar-refractivity contribution in [2.45, 2.75) is 20.4 Å². The molecule has 0 radical (unpaired) electrons. The van der Waals surface area contributed by atoms with Gasteiger partial charge in [0.25, 0.3) is 0 Å². The SMILES string of the molecule is CCS(=O)(=O)Nc1ccc(NCc2ccccc2C)nc1. The molecule has 1 heterocycles. The Balaban J connectivity index is 1.98. The molecule has 0 aliphatic carbocycles. The molecule has 2 N–H and O–H groups in total. The minimum atomic E-state index is -3.26. The molecular weight excluding hydrogens is 286 g/mol. The van der Waals surface area contributed by atoms with Crippen molar-refractivity contribution in [2.75, 3.05) is 15.8 Å². The van der Waals surface area contributed by atoms with Crippen molar-refractivity contribution in [3.05, 3.63) is 53.7 Å². The number of benzene rings is 1. The third-order valence-corrected chi connectivity index (χ3v) is 4.44. The number of aryl methyl sites for hydroxylation is 1. The Hall–Kier alpha value is -2.08. The molecule has 0 bridgehead atoms. The molecule has 0 saturated carbocycles. The summed E-state index contributed by atoms with van der Waals surface area (Å²) < 4.78 is 25.4. The van der Waals surface area contributed by atoms with E-state index in [1.54, 1.807) is 19.1 Å². The second-order valence-corrected chi connectivity index (χ2v) is 6.73. The molecule has 0 unspecified atom stereocenters. The van der Waals surface area contributed by atoms with Crippen LogP contribution in [0.1, 0.15) is 18.1 Å². The number of hydrogen-bond donors (Lipinski definition) is 2. The summed E-state index contributed by atoms with van der Waals surface area (Å²) >= 11 is 0. The van der Waals surface area contributed by atoms with Crippen molar-refractivity contribution in [3.8, 4) is 0 Å². The van der Waals surface area contributed by atoms with E-state index in [1.165, 1.54) is 17.3 Å². The molecule has 1 aromatic carbocycles. The van der Waals surface area contributed by atoms with Crippen LogP contribution < -0.4 is 10.0 Å². The molecule has 5 nitrogen and oxygen atoms in total. The van der Waals surface area contributed by atoms with Crippen molar-refractivity contribution in [3.63, 3.8) is 0 Å². The molecule has 2 aromatic rings. The highest BCUT2D eigenvalue weighted by atomic mass is 32.2. The van der Waals surface area contributed by atoms with Crippen LogP contribution in [0.4, 0.5) is 11.5 Å². The van der Waals surface area contributed by atoms with Crippen molar-refractivity contribution >= 4 is 21.5 Å². The van der Waals surface area contributed by atoms with Crippen LogP contribution in [-0.4, -0.2) is 19.2 Å². The minimum absolute atomic E-state index is 0.0419. The number of aromatic nitrogens is 1. The van der Waals surface area contributed by atoms with Crippen LogP contribution in [0.15, 0.2) is 42.6 Å². The summed E-state index contributed by atoms with van der Waals surface area (Å²) in [6, 6.07) is 11.6. The largest absolute Gasteiger partial charge is 0.366 e.